The van der Waals surface area contributed by atoms with Crippen molar-refractivity contribution in [3.05, 3.63) is 0 Å². The molecule has 4 N–H and O–H groups in total. The third-order valence-corrected chi connectivity index (χ3v) is 7.89. The second kappa shape index (κ2) is 10.3. The predicted octanol–water partition coefficient (Wildman–Crippen LogP) is 0.771. The smallest absolute Gasteiger partial charge is 0.413 e. The number of amides is 3. The molecule has 0 bridgehead atoms. The number of thioether (sulfide) groups is 1. The topological polar surface area (TPSA) is 112 Å². The van der Waals surface area contributed by atoms with E-state index in [2.05, 4.69) is 26.4 Å². The van der Waals surface area contributed by atoms with Crippen molar-refractivity contribution in [2.75, 3.05) is 32.0 Å². The number of fused-ring (bicyclic) bond motifs is 1. The fourth-order valence-electron chi connectivity index (χ4n) is 4.81. The van der Waals surface area contributed by atoms with Gasteiger partial charge in [0.05, 0.1) is 30.0 Å². The van der Waals surface area contributed by atoms with Crippen LogP contribution in [0.1, 0.15) is 44.9 Å². The average Bonchev–Trinajstić information content (AvgIpc) is 3.41. The Labute approximate surface area is 181 Å². The zero-order valence-corrected chi connectivity index (χ0v) is 18.2. The summed E-state index contributed by atoms with van der Waals surface area (Å²) in [6.45, 7) is 2.59. The second-order valence-corrected chi connectivity index (χ2v) is 10.0. The molecule has 4 aliphatic rings. The van der Waals surface area contributed by atoms with Crippen molar-refractivity contribution in [1.29, 1.82) is 0 Å². The summed E-state index contributed by atoms with van der Waals surface area (Å²) in [5.41, 5.74) is 3.29. The minimum absolute atomic E-state index is 0.0493. The van der Waals surface area contributed by atoms with Crippen molar-refractivity contribution in [3.63, 3.8) is 0 Å². The molecule has 168 valence electrons. The van der Waals surface area contributed by atoms with Crippen LogP contribution in [0, 0.1) is 17.8 Å². The van der Waals surface area contributed by atoms with Gasteiger partial charge in [-0.15, -0.1) is 11.8 Å². The molecule has 0 aromatic rings. The summed E-state index contributed by atoms with van der Waals surface area (Å²) in [5, 5.41) is 10.6. The number of carbonyl (C=O) groups is 3. The minimum atomic E-state index is -0.671. The minimum Gasteiger partial charge on any atom is -0.449 e. The first kappa shape index (κ1) is 21.9. The fraction of sp³-hybridized carbons (Fsp3) is 0.850. The number of imide groups is 1. The summed E-state index contributed by atoms with van der Waals surface area (Å²) in [6.07, 6.45) is 7.07. The molecule has 30 heavy (non-hydrogen) atoms. The second-order valence-electron chi connectivity index (χ2n) is 8.76. The highest BCUT2D eigenvalue weighted by Gasteiger charge is 2.39. The zero-order valence-electron chi connectivity index (χ0n) is 17.4. The first-order valence-corrected chi connectivity index (χ1v) is 12.3. The van der Waals surface area contributed by atoms with Gasteiger partial charge < -0.3 is 10.1 Å². The van der Waals surface area contributed by atoms with Crippen molar-refractivity contribution < 1.29 is 19.1 Å². The number of nitrogens with one attached hydrogen (secondary N) is 4. The van der Waals surface area contributed by atoms with E-state index >= 15 is 0 Å². The van der Waals surface area contributed by atoms with Gasteiger partial charge in [0, 0.05) is 19.6 Å². The standard InChI is InChI=1S/C20H33N5O4S/c26-17(14-10-21-16-6-8-22-25(16)11-14)23-19-15(7-9-30-19)18(27)24-20(28)29-12-13-4-2-1-3-5-13/h13-16,19,21-22H,1-12H2,(H,23,26)(H,24,27,28). The number of rotatable bonds is 5. The fourth-order valence-corrected chi connectivity index (χ4v) is 6.14. The summed E-state index contributed by atoms with van der Waals surface area (Å²) < 4.78 is 5.28. The monoisotopic (exact) mass is 439 g/mol. The third-order valence-electron chi connectivity index (χ3n) is 6.61. The van der Waals surface area contributed by atoms with Crippen molar-refractivity contribution in [1.82, 2.24) is 26.4 Å². The van der Waals surface area contributed by atoms with Gasteiger partial charge in [-0.05, 0) is 37.4 Å². The van der Waals surface area contributed by atoms with Gasteiger partial charge in [0.15, 0.2) is 0 Å². The van der Waals surface area contributed by atoms with Crippen molar-refractivity contribution in [3.8, 4) is 0 Å². The Bertz CT molecular complexity index is 645. The van der Waals surface area contributed by atoms with E-state index < -0.39 is 12.0 Å². The van der Waals surface area contributed by atoms with Crippen molar-refractivity contribution >= 4 is 29.7 Å². The Balaban J connectivity index is 1.22. The summed E-state index contributed by atoms with van der Waals surface area (Å²) in [5.74, 6) is 0.183. The van der Waals surface area contributed by atoms with Crippen LogP contribution >= 0.6 is 11.8 Å². The third kappa shape index (κ3) is 5.46. The Kier molecular flexibility index (Phi) is 7.50. The van der Waals surface area contributed by atoms with E-state index in [-0.39, 0.29) is 23.1 Å². The van der Waals surface area contributed by atoms with Gasteiger partial charge in [0.1, 0.15) is 0 Å². The molecule has 1 aliphatic carbocycles. The molecular weight excluding hydrogens is 406 g/mol. The van der Waals surface area contributed by atoms with Crippen LogP contribution in [0.5, 0.6) is 0 Å². The van der Waals surface area contributed by atoms with Crippen LogP contribution in [0.25, 0.3) is 0 Å². The lowest BCUT2D eigenvalue weighted by Crippen LogP contribution is -2.59. The maximum absolute atomic E-state index is 12.8. The molecule has 3 amide bonds. The van der Waals surface area contributed by atoms with E-state index in [1.165, 1.54) is 19.3 Å². The van der Waals surface area contributed by atoms with Crippen LogP contribution < -0.4 is 21.4 Å². The van der Waals surface area contributed by atoms with E-state index in [1.54, 1.807) is 11.8 Å². The number of ether oxygens (including phenoxy) is 1. The van der Waals surface area contributed by atoms with Gasteiger partial charge in [0.2, 0.25) is 11.8 Å². The summed E-state index contributed by atoms with van der Waals surface area (Å²) in [6, 6.07) is 0. The summed E-state index contributed by atoms with van der Waals surface area (Å²) in [4.78, 5) is 37.5. The maximum atomic E-state index is 12.8. The van der Waals surface area contributed by atoms with E-state index in [0.29, 0.717) is 38.2 Å². The van der Waals surface area contributed by atoms with Gasteiger partial charge in [-0.3, -0.25) is 25.6 Å². The van der Waals surface area contributed by atoms with Crippen LogP contribution in [0.15, 0.2) is 0 Å². The number of carbonyl (C=O) groups excluding carboxylic acids is 3. The molecule has 4 atom stereocenters. The van der Waals surface area contributed by atoms with Crippen molar-refractivity contribution in [2.24, 2.45) is 17.8 Å². The molecule has 3 heterocycles. The number of hydrogen-bond acceptors (Lipinski definition) is 8. The average molecular weight is 440 g/mol. The van der Waals surface area contributed by atoms with E-state index in [4.69, 9.17) is 4.74 Å². The van der Waals surface area contributed by atoms with E-state index in [1.807, 2.05) is 0 Å². The predicted molar refractivity (Wildman–Crippen MR) is 113 cm³/mol. The summed E-state index contributed by atoms with van der Waals surface area (Å²) >= 11 is 1.56. The highest BCUT2D eigenvalue weighted by Crippen LogP contribution is 2.31. The Morgan fingerprint density at radius 3 is 2.73 bits per heavy atom. The number of hydrazine groups is 1. The van der Waals surface area contributed by atoms with Gasteiger partial charge in [-0.2, -0.15) is 0 Å². The molecule has 0 aromatic carbocycles. The zero-order chi connectivity index (χ0) is 20.9. The lowest BCUT2D eigenvalue weighted by atomic mass is 9.90. The first-order chi connectivity index (χ1) is 14.6. The van der Waals surface area contributed by atoms with Crippen molar-refractivity contribution in [2.45, 2.75) is 56.5 Å². The molecule has 4 rings (SSSR count). The lowest BCUT2D eigenvalue weighted by Gasteiger charge is -2.35. The van der Waals surface area contributed by atoms with Gasteiger partial charge in [-0.1, -0.05) is 19.3 Å². The van der Waals surface area contributed by atoms with E-state index in [0.717, 1.165) is 31.6 Å². The Hall–Kier alpha value is -1.36. The molecule has 9 nitrogen and oxygen atoms in total. The highest BCUT2D eigenvalue weighted by molar-refractivity contribution is 8.00. The Morgan fingerprint density at radius 1 is 1.07 bits per heavy atom. The van der Waals surface area contributed by atoms with Gasteiger partial charge in [-0.25, -0.2) is 9.80 Å². The van der Waals surface area contributed by atoms with Crippen LogP contribution in [0.2, 0.25) is 0 Å². The molecule has 0 aromatic heterocycles. The normalized spacial score (nSPS) is 32.4. The van der Waals surface area contributed by atoms with Crippen LogP contribution in [-0.4, -0.2) is 66.5 Å². The molecule has 4 unspecified atom stereocenters. The number of hydrogen-bond donors (Lipinski definition) is 4. The molecule has 3 saturated heterocycles. The van der Waals surface area contributed by atoms with Crippen LogP contribution in [-0.2, 0) is 14.3 Å². The molecule has 10 heteroatoms. The first-order valence-electron chi connectivity index (χ1n) is 11.2. The Morgan fingerprint density at radius 2 is 1.90 bits per heavy atom. The highest BCUT2D eigenvalue weighted by atomic mass is 32.2. The quantitative estimate of drug-likeness (QED) is 0.497. The molecule has 0 spiro atoms. The molecular formula is C20H33N5O4S. The number of nitrogens with zero attached hydrogens (tertiary/aromatic N) is 1. The van der Waals surface area contributed by atoms with E-state index in [9.17, 15) is 14.4 Å². The van der Waals surface area contributed by atoms with Crippen LogP contribution in [0.4, 0.5) is 4.79 Å². The molecule has 4 fully saturated rings. The lowest BCUT2D eigenvalue weighted by molar-refractivity contribution is -0.128. The largest absolute Gasteiger partial charge is 0.449 e. The molecule has 1 saturated carbocycles. The molecule has 3 aliphatic heterocycles. The van der Waals surface area contributed by atoms with Crippen LogP contribution in [0.3, 0.4) is 0 Å². The number of alkyl carbamates (subject to hydrolysis) is 1. The van der Waals surface area contributed by atoms with Gasteiger partial charge in [0.25, 0.3) is 0 Å². The SMILES string of the molecule is O=C(NC(=O)C1CCSC1NC(=O)C1CNC2CCNN2C1)OCC1CCCCC1. The van der Waals surface area contributed by atoms with Gasteiger partial charge >= 0.3 is 6.09 Å². The summed E-state index contributed by atoms with van der Waals surface area (Å²) in [7, 11) is 0. The maximum Gasteiger partial charge on any atom is 0.413 e. The molecule has 0 radical (unpaired) electrons.